The number of aryl methyl sites for hydroxylation is 2. The maximum atomic E-state index is 2.49. The smallest absolute Gasteiger partial charge is 0.237 e. The van der Waals surface area contributed by atoms with Crippen LogP contribution in [0.3, 0.4) is 0 Å². The highest BCUT2D eigenvalue weighted by atomic mass is 32.1. The van der Waals surface area contributed by atoms with Crippen LogP contribution >= 0.6 is 11.3 Å². The Bertz CT molecular complexity index is 1730. The second-order valence-electron chi connectivity index (χ2n) is 7.77. The zero-order chi connectivity index (χ0) is 18.6. The molecule has 0 N–H and O–H groups in total. The van der Waals surface area contributed by atoms with E-state index < -0.39 is 0 Å². The number of hydrogen-bond donors (Lipinski definition) is 0. The van der Waals surface area contributed by atoms with Gasteiger partial charge in [0.05, 0.1) is 16.4 Å². The fourth-order valence-corrected chi connectivity index (χ4v) is 6.18. The molecule has 0 aliphatic heterocycles. The zero-order valence-electron chi connectivity index (χ0n) is 15.7. The molecule has 0 radical (unpaired) electrons. The van der Waals surface area contributed by atoms with Crippen molar-refractivity contribution in [1.29, 1.82) is 0 Å². The lowest BCUT2D eigenvalue weighted by atomic mass is 9.95. The summed E-state index contributed by atoms with van der Waals surface area (Å²) in [5.74, 6) is 0. The number of thiophene rings is 1. The molecule has 0 saturated carbocycles. The summed E-state index contributed by atoms with van der Waals surface area (Å²) in [5, 5.41) is 10.5. The van der Waals surface area contributed by atoms with Gasteiger partial charge < -0.3 is 4.40 Å². The molecule has 0 saturated heterocycles. The standard InChI is InChI=1S/C25H17N2S/c1-14-9-10-16-22-20(14)23-19(8-5-12-26(23)2)27-18-7-4-3-6-15(18)21(24(22)27)17-11-13-28-25(16)17/h3-13H,1-2H3/q+1. The number of rotatable bonds is 0. The fraction of sp³-hybridized carbons (Fsp3) is 0.0800. The molecular weight excluding hydrogens is 360 g/mol. The average molecular weight is 377 g/mol. The summed E-state index contributed by atoms with van der Waals surface area (Å²) in [6.07, 6.45) is 2.16. The zero-order valence-corrected chi connectivity index (χ0v) is 16.5. The van der Waals surface area contributed by atoms with Gasteiger partial charge in [0.15, 0.2) is 6.20 Å². The summed E-state index contributed by atoms with van der Waals surface area (Å²) in [7, 11) is 2.16. The number of nitrogens with zero attached hydrogens (tertiary/aromatic N) is 2. The van der Waals surface area contributed by atoms with Crippen molar-refractivity contribution in [3.8, 4) is 0 Å². The Labute approximate surface area is 165 Å². The van der Waals surface area contributed by atoms with E-state index in [0.717, 1.165) is 0 Å². The highest BCUT2D eigenvalue weighted by molar-refractivity contribution is 7.18. The topological polar surface area (TPSA) is 8.29 Å². The van der Waals surface area contributed by atoms with Crippen LogP contribution < -0.4 is 4.57 Å². The molecule has 7 rings (SSSR count). The van der Waals surface area contributed by atoms with Gasteiger partial charge in [0.1, 0.15) is 12.6 Å². The van der Waals surface area contributed by atoms with Crippen LogP contribution in [-0.2, 0) is 7.05 Å². The van der Waals surface area contributed by atoms with Crippen LogP contribution in [0, 0.1) is 6.92 Å². The molecule has 0 fully saturated rings. The van der Waals surface area contributed by atoms with Crippen molar-refractivity contribution in [2.45, 2.75) is 6.92 Å². The summed E-state index contributed by atoms with van der Waals surface area (Å²) in [6, 6.07) is 20.2. The van der Waals surface area contributed by atoms with Crippen molar-refractivity contribution in [1.82, 2.24) is 4.40 Å². The first kappa shape index (κ1) is 14.8. The Kier molecular flexibility index (Phi) is 2.55. The SMILES string of the molecule is Cc1ccc2c3sccc3c3c4ccccc4n4c5ccc[n+](C)c5c1c2c34. The minimum Gasteiger partial charge on any atom is -0.303 e. The van der Waals surface area contributed by atoms with Gasteiger partial charge in [0.25, 0.3) is 0 Å². The van der Waals surface area contributed by atoms with Gasteiger partial charge in [-0.2, -0.15) is 4.57 Å². The van der Waals surface area contributed by atoms with Crippen molar-refractivity contribution in [2.75, 3.05) is 0 Å². The fourth-order valence-electron chi connectivity index (χ4n) is 5.24. The molecule has 0 spiro atoms. The monoisotopic (exact) mass is 377 g/mol. The largest absolute Gasteiger partial charge is 0.303 e. The van der Waals surface area contributed by atoms with Gasteiger partial charge in [-0.1, -0.05) is 30.3 Å². The molecular formula is C25H17N2S+. The number of pyridine rings is 2. The Hall–Kier alpha value is -3.17. The van der Waals surface area contributed by atoms with Gasteiger partial charge in [-0.25, -0.2) is 0 Å². The van der Waals surface area contributed by atoms with Crippen LogP contribution in [0.1, 0.15) is 5.56 Å². The van der Waals surface area contributed by atoms with E-state index in [4.69, 9.17) is 0 Å². The molecule has 0 unspecified atom stereocenters. The Morgan fingerprint density at radius 3 is 2.54 bits per heavy atom. The van der Waals surface area contributed by atoms with Gasteiger partial charge in [-0.15, -0.1) is 11.3 Å². The summed E-state index contributed by atoms with van der Waals surface area (Å²) in [5.41, 5.74) is 6.56. The number of fused-ring (bicyclic) bond motifs is 9. The highest BCUT2D eigenvalue weighted by Crippen LogP contribution is 2.47. The maximum Gasteiger partial charge on any atom is 0.237 e. The van der Waals surface area contributed by atoms with Gasteiger partial charge in [-0.05, 0) is 36.1 Å². The van der Waals surface area contributed by atoms with Crippen molar-refractivity contribution in [3.63, 3.8) is 0 Å². The van der Waals surface area contributed by atoms with Crippen LogP contribution in [0.4, 0.5) is 0 Å². The first-order chi connectivity index (χ1) is 13.8. The molecule has 132 valence electrons. The molecule has 7 aromatic rings. The molecule has 4 aromatic heterocycles. The van der Waals surface area contributed by atoms with E-state index in [1.165, 1.54) is 64.6 Å². The molecule has 0 bridgehead atoms. The van der Waals surface area contributed by atoms with Gasteiger partial charge in [0, 0.05) is 37.7 Å². The van der Waals surface area contributed by atoms with Crippen LogP contribution in [0.2, 0.25) is 0 Å². The molecule has 4 heterocycles. The van der Waals surface area contributed by atoms with E-state index in [-0.39, 0.29) is 0 Å². The van der Waals surface area contributed by atoms with Crippen molar-refractivity contribution in [2.24, 2.45) is 7.05 Å². The summed E-state index contributed by atoms with van der Waals surface area (Å²) in [6.45, 7) is 2.24. The number of hydrogen-bond acceptors (Lipinski definition) is 1. The van der Waals surface area contributed by atoms with Crippen molar-refractivity contribution in [3.05, 3.63) is 71.7 Å². The Morgan fingerprint density at radius 2 is 1.61 bits per heavy atom. The van der Waals surface area contributed by atoms with Gasteiger partial charge in [-0.3, -0.25) is 0 Å². The summed E-state index contributed by atoms with van der Waals surface area (Å²) in [4.78, 5) is 0. The van der Waals surface area contributed by atoms with E-state index in [9.17, 15) is 0 Å². The second kappa shape index (κ2) is 4.81. The van der Waals surface area contributed by atoms with Crippen molar-refractivity contribution < 1.29 is 4.57 Å². The lowest BCUT2D eigenvalue weighted by Crippen LogP contribution is -2.29. The maximum absolute atomic E-state index is 2.49. The quantitative estimate of drug-likeness (QED) is 0.166. The molecule has 3 heteroatoms. The predicted molar refractivity (Wildman–Crippen MR) is 120 cm³/mol. The van der Waals surface area contributed by atoms with Crippen LogP contribution in [0.5, 0.6) is 0 Å². The molecule has 0 amide bonds. The average Bonchev–Trinajstić information content (AvgIpc) is 3.31. The third kappa shape index (κ3) is 1.51. The van der Waals surface area contributed by atoms with E-state index in [2.05, 4.69) is 89.1 Å². The Balaban J connectivity index is 2.08. The molecule has 0 atom stereocenters. The third-order valence-electron chi connectivity index (χ3n) is 6.34. The van der Waals surface area contributed by atoms with E-state index >= 15 is 0 Å². The van der Waals surface area contributed by atoms with Gasteiger partial charge in [0.2, 0.25) is 5.52 Å². The second-order valence-corrected chi connectivity index (χ2v) is 8.69. The first-order valence-corrected chi connectivity index (χ1v) is 10.5. The molecule has 0 aliphatic carbocycles. The van der Waals surface area contributed by atoms with Crippen LogP contribution in [-0.4, -0.2) is 4.40 Å². The molecule has 3 aromatic carbocycles. The molecule has 2 nitrogen and oxygen atoms in total. The predicted octanol–water partition coefficient (Wildman–Crippen LogP) is 6.34. The van der Waals surface area contributed by atoms with E-state index in [1.54, 1.807) is 0 Å². The Morgan fingerprint density at radius 1 is 0.786 bits per heavy atom. The van der Waals surface area contributed by atoms with Crippen LogP contribution in [0.15, 0.2) is 66.2 Å². The summed E-state index contributed by atoms with van der Waals surface area (Å²) < 4.78 is 6.17. The first-order valence-electron chi connectivity index (χ1n) is 9.61. The normalized spacial score (nSPS) is 12.6. The minimum absolute atomic E-state index is 1.27. The van der Waals surface area contributed by atoms with Gasteiger partial charge >= 0.3 is 0 Å². The molecule has 0 aliphatic rings. The lowest BCUT2D eigenvalue weighted by Gasteiger charge is -2.13. The number of para-hydroxylation sites is 1. The lowest BCUT2D eigenvalue weighted by molar-refractivity contribution is -0.644. The van der Waals surface area contributed by atoms with Crippen LogP contribution in [0.25, 0.3) is 59.1 Å². The van der Waals surface area contributed by atoms with E-state index in [1.807, 2.05) is 11.3 Å². The molecule has 28 heavy (non-hydrogen) atoms. The highest BCUT2D eigenvalue weighted by Gasteiger charge is 2.25. The third-order valence-corrected chi connectivity index (χ3v) is 7.29. The number of benzene rings is 3. The van der Waals surface area contributed by atoms with E-state index in [0.29, 0.717) is 0 Å². The van der Waals surface area contributed by atoms with Crippen molar-refractivity contribution >= 4 is 70.4 Å². The number of aromatic nitrogens is 2. The minimum atomic E-state index is 1.27. The summed E-state index contributed by atoms with van der Waals surface area (Å²) >= 11 is 1.86.